The maximum atomic E-state index is 11.5. The maximum absolute atomic E-state index is 11.5. The van der Waals surface area contributed by atoms with E-state index in [1.165, 1.54) is 10.6 Å². The molecule has 0 unspecified atom stereocenters. The third-order valence-electron chi connectivity index (χ3n) is 2.00. The number of hydrogen-bond acceptors (Lipinski definition) is 3. The molecule has 76 valence electrons. The first-order valence-corrected chi connectivity index (χ1v) is 4.43. The first-order chi connectivity index (χ1) is 7.18. The van der Waals surface area contributed by atoms with Gasteiger partial charge in [-0.25, -0.2) is 9.78 Å². The number of rotatable bonds is 1. The number of aryl methyl sites for hydroxylation is 1. The van der Waals surface area contributed by atoms with Crippen LogP contribution in [-0.2, 0) is 0 Å². The number of hydrogen-bond donors (Lipinski definition) is 1. The van der Waals surface area contributed by atoms with Crippen molar-refractivity contribution < 1.29 is 0 Å². The van der Waals surface area contributed by atoms with Crippen LogP contribution in [0.4, 0.5) is 0 Å². The van der Waals surface area contributed by atoms with Gasteiger partial charge in [-0.05, 0) is 19.1 Å². The summed E-state index contributed by atoms with van der Waals surface area (Å²) in [6.07, 6.45) is 1.59. The second-order valence-electron chi connectivity index (χ2n) is 3.10. The van der Waals surface area contributed by atoms with Crippen LogP contribution in [-0.4, -0.2) is 14.5 Å². The van der Waals surface area contributed by atoms with E-state index < -0.39 is 11.2 Å². The Bertz CT molecular complexity index is 584. The van der Waals surface area contributed by atoms with E-state index in [1.54, 1.807) is 31.3 Å². The van der Waals surface area contributed by atoms with Crippen molar-refractivity contribution in [2.45, 2.75) is 6.92 Å². The summed E-state index contributed by atoms with van der Waals surface area (Å²) in [5.74, 6) is 0.497. The summed E-state index contributed by atoms with van der Waals surface area (Å²) in [6, 6.07) is 6.59. The predicted molar refractivity (Wildman–Crippen MR) is 55.2 cm³/mol. The van der Waals surface area contributed by atoms with Crippen molar-refractivity contribution in [2.75, 3.05) is 0 Å². The van der Waals surface area contributed by atoms with Crippen molar-refractivity contribution in [1.82, 2.24) is 14.5 Å². The zero-order chi connectivity index (χ0) is 10.8. The molecule has 1 N–H and O–H groups in total. The second kappa shape index (κ2) is 3.53. The van der Waals surface area contributed by atoms with Crippen molar-refractivity contribution >= 4 is 0 Å². The third-order valence-corrected chi connectivity index (χ3v) is 2.00. The van der Waals surface area contributed by atoms with Crippen molar-refractivity contribution in [1.29, 1.82) is 0 Å². The normalized spacial score (nSPS) is 10.2. The molecule has 0 aliphatic carbocycles. The van der Waals surface area contributed by atoms with Gasteiger partial charge in [-0.15, -0.1) is 0 Å². The zero-order valence-electron chi connectivity index (χ0n) is 8.10. The standard InChI is InChI=1S/C10H9N3O2/c1-7-6-9(14)12-10(15)13(7)8-4-2-3-5-11-8/h2-6H,1H3,(H,12,14,15). The molecule has 0 saturated carbocycles. The molecule has 0 spiro atoms. The van der Waals surface area contributed by atoms with Gasteiger partial charge in [0.15, 0.2) is 0 Å². The van der Waals surface area contributed by atoms with E-state index in [-0.39, 0.29) is 0 Å². The van der Waals surface area contributed by atoms with Crippen molar-refractivity contribution in [2.24, 2.45) is 0 Å². The third kappa shape index (κ3) is 1.71. The SMILES string of the molecule is Cc1cc(=O)[nH]c(=O)n1-c1ccccn1. The van der Waals surface area contributed by atoms with E-state index in [4.69, 9.17) is 0 Å². The molecule has 0 radical (unpaired) electrons. The molecule has 15 heavy (non-hydrogen) atoms. The Morgan fingerprint density at radius 2 is 2.13 bits per heavy atom. The fraction of sp³-hybridized carbons (Fsp3) is 0.100. The molecule has 2 rings (SSSR count). The number of nitrogens with zero attached hydrogens (tertiary/aromatic N) is 2. The van der Waals surface area contributed by atoms with Crippen molar-refractivity contribution in [3.05, 3.63) is 57.0 Å². The minimum Gasteiger partial charge on any atom is -0.274 e. The minimum absolute atomic E-state index is 0.398. The molecule has 0 aliphatic heterocycles. The van der Waals surface area contributed by atoms with Gasteiger partial charge in [0.05, 0.1) is 0 Å². The largest absolute Gasteiger partial charge is 0.334 e. The molecule has 0 fully saturated rings. The Balaban J connectivity index is 2.75. The van der Waals surface area contributed by atoms with Gasteiger partial charge in [0, 0.05) is 18.0 Å². The van der Waals surface area contributed by atoms with Gasteiger partial charge < -0.3 is 0 Å². The maximum Gasteiger partial charge on any atom is 0.334 e. The number of H-pyrrole nitrogens is 1. The number of pyridine rings is 1. The van der Waals surface area contributed by atoms with E-state index in [9.17, 15) is 9.59 Å². The van der Waals surface area contributed by atoms with E-state index in [2.05, 4.69) is 9.97 Å². The summed E-state index contributed by atoms with van der Waals surface area (Å²) >= 11 is 0. The molecular weight excluding hydrogens is 194 g/mol. The van der Waals surface area contributed by atoms with Crippen LogP contribution in [0.5, 0.6) is 0 Å². The highest BCUT2D eigenvalue weighted by molar-refractivity contribution is 5.24. The average molecular weight is 203 g/mol. The Morgan fingerprint density at radius 3 is 2.73 bits per heavy atom. The van der Waals surface area contributed by atoms with Gasteiger partial charge in [-0.3, -0.25) is 14.3 Å². The first kappa shape index (κ1) is 9.39. The van der Waals surface area contributed by atoms with Crippen LogP contribution in [0.15, 0.2) is 40.1 Å². The lowest BCUT2D eigenvalue weighted by molar-refractivity contribution is 0.831. The van der Waals surface area contributed by atoms with Gasteiger partial charge in [0.2, 0.25) is 0 Å². The molecule has 2 heterocycles. The number of aromatic amines is 1. The summed E-state index contributed by atoms with van der Waals surface area (Å²) in [4.78, 5) is 28.8. The molecule has 0 aromatic carbocycles. The van der Waals surface area contributed by atoms with Crippen LogP contribution in [0.2, 0.25) is 0 Å². The van der Waals surface area contributed by atoms with Crippen LogP contribution in [0.1, 0.15) is 5.69 Å². The lowest BCUT2D eigenvalue weighted by Crippen LogP contribution is -2.30. The molecule has 5 heteroatoms. The molecule has 0 aliphatic rings. The van der Waals surface area contributed by atoms with Gasteiger partial charge >= 0.3 is 5.69 Å². The van der Waals surface area contributed by atoms with Gasteiger partial charge in [-0.2, -0.15) is 0 Å². The minimum atomic E-state index is -0.473. The summed E-state index contributed by atoms with van der Waals surface area (Å²) in [5.41, 5.74) is -0.314. The van der Waals surface area contributed by atoms with Crippen LogP contribution in [0.25, 0.3) is 5.82 Å². The smallest absolute Gasteiger partial charge is 0.274 e. The summed E-state index contributed by atoms with van der Waals surface area (Å²) in [7, 11) is 0. The molecule has 0 atom stereocenters. The summed E-state index contributed by atoms with van der Waals surface area (Å²) < 4.78 is 1.35. The highest BCUT2D eigenvalue weighted by atomic mass is 16.2. The number of aromatic nitrogens is 3. The quantitative estimate of drug-likeness (QED) is 0.721. The highest BCUT2D eigenvalue weighted by Gasteiger charge is 2.04. The van der Waals surface area contributed by atoms with Crippen molar-refractivity contribution in [3.63, 3.8) is 0 Å². The topological polar surface area (TPSA) is 67.8 Å². The van der Waals surface area contributed by atoms with Gasteiger partial charge in [0.1, 0.15) is 5.82 Å². The van der Waals surface area contributed by atoms with E-state index in [0.717, 1.165) is 0 Å². The molecular formula is C10H9N3O2. The van der Waals surface area contributed by atoms with E-state index in [0.29, 0.717) is 11.5 Å². The van der Waals surface area contributed by atoms with Crippen LogP contribution < -0.4 is 11.2 Å². The molecule has 2 aromatic heterocycles. The molecule has 2 aromatic rings. The Kier molecular flexibility index (Phi) is 2.21. The molecule has 0 amide bonds. The second-order valence-corrected chi connectivity index (χ2v) is 3.10. The van der Waals surface area contributed by atoms with Crippen LogP contribution >= 0.6 is 0 Å². The Hall–Kier alpha value is -2.17. The summed E-state index contributed by atoms with van der Waals surface area (Å²) in [6.45, 7) is 1.69. The first-order valence-electron chi connectivity index (χ1n) is 4.43. The van der Waals surface area contributed by atoms with Gasteiger partial charge in [-0.1, -0.05) is 6.07 Å². The Labute approximate surface area is 85.0 Å². The summed E-state index contributed by atoms with van der Waals surface area (Å²) in [5, 5.41) is 0. The lowest BCUT2D eigenvalue weighted by Gasteiger charge is -2.06. The Morgan fingerprint density at radius 1 is 1.33 bits per heavy atom. The van der Waals surface area contributed by atoms with E-state index in [1.807, 2.05) is 0 Å². The van der Waals surface area contributed by atoms with Crippen LogP contribution in [0.3, 0.4) is 0 Å². The fourth-order valence-electron chi connectivity index (χ4n) is 1.38. The number of nitrogens with one attached hydrogen (secondary N) is 1. The van der Waals surface area contributed by atoms with Crippen molar-refractivity contribution in [3.8, 4) is 5.82 Å². The monoisotopic (exact) mass is 203 g/mol. The fourth-order valence-corrected chi connectivity index (χ4v) is 1.38. The molecule has 0 saturated heterocycles. The molecule has 0 bridgehead atoms. The van der Waals surface area contributed by atoms with Crippen LogP contribution in [0, 0.1) is 6.92 Å². The van der Waals surface area contributed by atoms with Gasteiger partial charge in [0.25, 0.3) is 5.56 Å². The average Bonchev–Trinajstić information content (AvgIpc) is 2.17. The highest BCUT2D eigenvalue weighted by Crippen LogP contribution is 2.00. The lowest BCUT2D eigenvalue weighted by atomic mass is 10.4. The predicted octanol–water partition coefficient (Wildman–Crippen LogP) is 0.229. The molecule has 5 nitrogen and oxygen atoms in total. The zero-order valence-corrected chi connectivity index (χ0v) is 8.10. The van der Waals surface area contributed by atoms with E-state index >= 15 is 0 Å².